The largest absolute Gasteiger partial charge is 0.373 e. The average Bonchev–Trinajstić information content (AvgIpc) is 3.26. The second kappa shape index (κ2) is 9.21. The maximum Gasteiger partial charge on any atom is 0.255 e. The zero-order valence-electron chi connectivity index (χ0n) is 16.3. The Hall–Kier alpha value is -2.68. The molecular weight excluding hydrogens is 406 g/mol. The van der Waals surface area contributed by atoms with Gasteiger partial charge < -0.3 is 10.2 Å². The molecule has 0 unspecified atom stereocenters. The van der Waals surface area contributed by atoms with Gasteiger partial charge in [0.25, 0.3) is 5.91 Å². The quantitative estimate of drug-likeness (QED) is 0.569. The maximum absolute atomic E-state index is 12.8. The highest BCUT2D eigenvalue weighted by Gasteiger charge is 2.17. The molecule has 0 radical (unpaired) electrons. The first-order valence-electron chi connectivity index (χ1n) is 9.14. The lowest BCUT2D eigenvalue weighted by molar-refractivity contribution is 0.102. The molecule has 0 aliphatic carbocycles. The highest BCUT2D eigenvalue weighted by molar-refractivity contribution is 7.89. The van der Waals surface area contributed by atoms with Crippen molar-refractivity contribution in [3.63, 3.8) is 0 Å². The van der Waals surface area contributed by atoms with Gasteiger partial charge >= 0.3 is 0 Å². The molecule has 29 heavy (non-hydrogen) atoms. The molecule has 1 amide bonds. The van der Waals surface area contributed by atoms with Crippen molar-refractivity contribution < 1.29 is 13.2 Å². The van der Waals surface area contributed by atoms with Crippen LogP contribution in [0.3, 0.4) is 0 Å². The van der Waals surface area contributed by atoms with Gasteiger partial charge in [0, 0.05) is 30.6 Å². The minimum atomic E-state index is -3.72. The summed E-state index contributed by atoms with van der Waals surface area (Å²) < 4.78 is 27.8. The van der Waals surface area contributed by atoms with Crippen molar-refractivity contribution in [3.8, 4) is 0 Å². The maximum atomic E-state index is 12.8. The molecule has 8 heteroatoms. The number of para-hydroxylation sites is 2. The molecule has 0 saturated heterocycles. The van der Waals surface area contributed by atoms with E-state index in [0.717, 1.165) is 17.1 Å². The van der Waals surface area contributed by atoms with Gasteiger partial charge in [0.15, 0.2) is 0 Å². The van der Waals surface area contributed by atoms with E-state index in [2.05, 4.69) is 10.0 Å². The summed E-state index contributed by atoms with van der Waals surface area (Å²) in [6.45, 7) is 3.03. The van der Waals surface area contributed by atoms with Crippen LogP contribution in [0.1, 0.15) is 22.2 Å². The third kappa shape index (κ3) is 5.23. The number of sulfonamides is 1. The number of amides is 1. The molecule has 0 aliphatic heterocycles. The Kier molecular flexibility index (Phi) is 6.68. The molecule has 1 aromatic heterocycles. The molecule has 3 aromatic rings. The average molecular weight is 430 g/mol. The minimum absolute atomic E-state index is 0.0562. The molecule has 152 valence electrons. The van der Waals surface area contributed by atoms with Crippen LogP contribution in [0.15, 0.2) is 70.9 Å². The zero-order valence-corrected chi connectivity index (χ0v) is 17.9. The highest BCUT2D eigenvalue weighted by Crippen LogP contribution is 2.25. The second-order valence-electron chi connectivity index (χ2n) is 6.42. The Balaban J connectivity index is 1.78. The van der Waals surface area contributed by atoms with E-state index < -0.39 is 10.0 Å². The summed E-state index contributed by atoms with van der Waals surface area (Å²) >= 11 is 1.48. The summed E-state index contributed by atoms with van der Waals surface area (Å²) in [5, 5.41) is 4.77. The predicted octanol–water partition coefficient (Wildman–Crippen LogP) is 3.94. The molecule has 0 saturated carbocycles. The number of carbonyl (C=O) groups is 1. The van der Waals surface area contributed by atoms with Crippen molar-refractivity contribution in [1.29, 1.82) is 0 Å². The molecule has 0 bridgehead atoms. The van der Waals surface area contributed by atoms with Crippen LogP contribution in [0.25, 0.3) is 0 Å². The monoisotopic (exact) mass is 429 g/mol. The van der Waals surface area contributed by atoms with Crippen LogP contribution in [0.2, 0.25) is 0 Å². The van der Waals surface area contributed by atoms with E-state index >= 15 is 0 Å². The third-order valence-electron chi connectivity index (χ3n) is 4.46. The van der Waals surface area contributed by atoms with Gasteiger partial charge in [0.2, 0.25) is 10.0 Å². The smallest absolute Gasteiger partial charge is 0.255 e. The van der Waals surface area contributed by atoms with Gasteiger partial charge in [0.1, 0.15) is 0 Å². The van der Waals surface area contributed by atoms with Crippen molar-refractivity contribution in [2.45, 2.75) is 18.4 Å². The number of anilines is 2. The normalized spacial score (nSPS) is 11.2. The summed E-state index contributed by atoms with van der Waals surface area (Å²) in [7, 11) is -1.78. The van der Waals surface area contributed by atoms with Crippen LogP contribution in [-0.4, -0.2) is 27.9 Å². The summed E-state index contributed by atoms with van der Waals surface area (Å²) in [4.78, 5) is 15.7. The Morgan fingerprint density at radius 2 is 1.86 bits per heavy atom. The van der Waals surface area contributed by atoms with E-state index in [0.29, 0.717) is 5.69 Å². The zero-order chi connectivity index (χ0) is 20.9. The molecular formula is C21H23N3O3S2. The topological polar surface area (TPSA) is 78.5 Å². The van der Waals surface area contributed by atoms with Crippen LogP contribution in [-0.2, 0) is 16.6 Å². The van der Waals surface area contributed by atoms with E-state index in [-0.39, 0.29) is 22.9 Å². The van der Waals surface area contributed by atoms with Crippen LogP contribution >= 0.6 is 11.3 Å². The molecule has 2 N–H and O–H groups in total. The van der Waals surface area contributed by atoms with Gasteiger partial charge in [-0.25, -0.2) is 13.1 Å². The number of hydrogen-bond acceptors (Lipinski definition) is 5. The van der Waals surface area contributed by atoms with Gasteiger partial charge in [-0.05, 0) is 48.7 Å². The summed E-state index contributed by atoms with van der Waals surface area (Å²) in [6, 6.07) is 17.3. The Bertz CT molecular complexity index is 1080. The standard InChI is InChI=1S/C21H23N3O3S2/c1-3-24(2)20-12-5-4-11-19(20)23-21(25)16-8-6-10-18(14-16)29(26,27)22-15-17-9-7-13-28-17/h4-14,22H,3,15H2,1-2H3,(H,23,25). The number of nitrogens with zero attached hydrogens (tertiary/aromatic N) is 1. The molecule has 0 fully saturated rings. The molecule has 0 spiro atoms. The van der Waals surface area contributed by atoms with Gasteiger partial charge in [-0.2, -0.15) is 0 Å². The van der Waals surface area contributed by atoms with E-state index in [1.807, 2.05) is 60.6 Å². The van der Waals surface area contributed by atoms with Crippen molar-refractivity contribution in [2.24, 2.45) is 0 Å². The fourth-order valence-electron chi connectivity index (χ4n) is 2.74. The molecule has 1 heterocycles. The molecule has 2 aromatic carbocycles. The fourth-order valence-corrected chi connectivity index (χ4v) is 4.53. The summed E-state index contributed by atoms with van der Waals surface area (Å²) in [5.41, 5.74) is 1.84. The van der Waals surface area contributed by atoms with E-state index in [1.54, 1.807) is 12.1 Å². The Morgan fingerprint density at radius 1 is 1.07 bits per heavy atom. The van der Waals surface area contributed by atoms with E-state index in [9.17, 15) is 13.2 Å². The molecule has 6 nitrogen and oxygen atoms in total. The number of carbonyl (C=O) groups excluding carboxylic acids is 1. The summed E-state index contributed by atoms with van der Waals surface area (Å²) in [5.74, 6) is -0.364. The van der Waals surface area contributed by atoms with Crippen molar-refractivity contribution in [2.75, 3.05) is 23.8 Å². The first-order chi connectivity index (χ1) is 13.9. The second-order valence-corrected chi connectivity index (χ2v) is 9.22. The highest BCUT2D eigenvalue weighted by atomic mass is 32.2. The fraction of sp³-hybridized carbons (Fsp3) is 0.190. The first kappa shape index (κ1) is 21.0. The predicted molar refractivity (Wildman–Crippen MR) is 118 cm³/mol. The van der Waals surface area contributed by atoms with Crippen LogP contribution < -0.4 is 14.9 Å². The van der Waals surface area contributed by atoms with Crippen LogP contribution in [0.5, 0.6) is 0 Å². The molecule has 3 rings (SSSR count). The van der Waals surface area contributed by atoms with E-state index in [1.165, 1.54) is 23.5 Å². The number of thiophene rings is 1. The third-order valence-corrected chi connectivity index (χ3v) is 6.74. The minimum Gasteiger partial charge on any atom is -0.373 e. The van der Waals surface area contributed by atoms with E-state index in [4.69, 9.17) is 0 Å². The molecule has 0 atom stereocenters. The number of benzene rings is 2. The van der Waals surface area contributed by atoms with Gasteiger partial charge in [-0.3, -0.25) is 4.79 Å². The van der Waals surface area contributed by atoms with Crippen molar-refractivity contribution in [1.82, 2.24) is 4.72 Å². The lowest BCUT2D eigenvalue weighted by Crippen LogP contribution is -2.23. The molecule has 0 aliphatic rings. The van der Waals surface area contributed by atoms with Crippen LogP contribution in [0.4, 0.5) is 11.4 Å². The first-order valence-corrected chi connectivity index (χ1v) is 11.5. The Morgan fingerprint density at radius 3 is 2.59 bits per heavy atom. The number of rotatable bonds is 8. The van der Waals surface area contributed by atoms with Crippen molar-refractivity contribution in [3.05, 3.63) is 76.5 Å². The van der Waals surface area contributed by atoms with Crippen LogP contribution in [0, 0.1) is 0 Å². The van der Waals surface area contributed by atoms with Gasteiger partial charge in [-0.15, -0.1) is 11.3 Å². The number of hydrogen-bond donors (Lipinski definition) is 2. The van der Waals surface area contributed by atoms with Crippen molar-refractivity contribution >= 4 is 38.6 Å². The number of nitrogens with one attached hydrogen (secondary N) is 2. The SMILES string of the molecule is CCN(C)c1ccccc1NC(=O)c1cccc(S(=O)(=O)NCc2cccs2)c1. The lowest BCUT2D eigenvalue weighted by Gasteiger charge is -2.20. The van der Waals surface area contributed by atoms with Gasteiger partial charge in [-0.1, -0.05) is 24.3 Å². The summed E-state index contributed by atoms with van der Waals surface area (Å²) in [6.07, 6.45) is 0. The van der Waals surface area contributed by atoms with Gasteiger partial charge in [0.05, 0.1) is 16.3 Å². The lowest BCUT2D eigenvalue weighted by atomic mass is 10.2. The Labute approximate surface area is 175 Å².